The van der Waals surface area contributed by atoms with Gasteiger partial charge in [0.1, 0.15) is 0 Å². The molecule has 0 saturated heterocycles. The highest BCUT2D eigenvalue weighted by Crippen LogP contribution is 2.25. The Morgan fingerprint density at radius 2 is 1.73 bits per heavy atom. The second kappa shape index (κ2) is 9.21. The minimum absolute atomic E-state index is 0.0683. The fraction of sp³-hybridized carbons (Fsp3) is 0.278. The number of methoxy groups -OCH3 is 1. The monoisotopic (exact) mass is 378 g/mol. The van der Waals surface area contributed by atoms with Crippen LogP contribution in [0.4, 0.5) is 0 Å². The average Bonchev–Trinajstić information content (AvgIpc) is 2.62. The fourth-order valence-corrected chi connectivity index (χ4v) is 2.79. The summed E-state index contributed by atoms with van der Waals surface area (Å²) >= 11 is 0. The van der Waals surface area contributed by atoms with E-state index in [0.29, 0.717) is 24.5 Å². The van der Waals surface area contributed by atoms with Crippen LogP contribution in [-0.4, -0.2) is 34.6 Å². The van der Waals surface area contributed by atoms with Crippen molar-refractivity contribution in [3.63, 3.8) is 0 Å². The molecular formula is C18H22N2O5S. The molecule has 1 amide bonds. The molecule has 0 spiro atoms. The summed E-state index contributed by atoms with van der Waals surface area (Å²) in [6.45, 7) is 0.692. The molecule has 3 N–H and O–H groups in total. The molecule has 7 nitrogen and oxygen atoms in total. The van der Waals surface area contributed by atoms with E-state index in [-0.39, 0.29) is 23.8 Å². The molecule has 2 aromatic rings. The van der Waals surface area contributed by atoms with Crippen LogP contribution in [0.3, 0.4) is 0 Å². The molecule has 0 fully saturated rings. The van der Waals surface area contributed by atoms with Crippen LogP contribution < -0.4 is 19.9 Å². The number of hydrogen-bond donors (Lipinski definition) is 2. The van der Waals surface area contributed by atoms with Gasteiger partial charge < -0.3 is 14.8 Å². The number of carbonyl (C=O) groups excluding carboxylic acids is 1. The molecule has 0 aliphatic carbocycles. The number of sulfonamides is 1. The number of primary sulfonamides is 1. The molecule has 0 radical (unpaired) electrons. The van der Waals surface area contributed by atoms with Crippen LogP contribution in [0.2, 0.25) is 0 Å². The van der Waals surface area contributed by atoms with Crippen molar-refractivity contribution in [2.24, 2.45) is 5.14 Å². The third kappa shape index (κ3) is 6.05. The first-order chi connectivity index (χ1) is 12.4. The number of rotatable bonds is 9. The molecule has 0 unspecified atom stereocenters. The lowest BCUT2D eigenvalue weighted by Crippen LogP contribution is -2.27. The van der Waals surface area contributed by atoms with Gasteiger partial charge in [-0.1, -0.05) is 24.3 Å². The molecule has 0 bridgehead atoms. The van der Waals surface area contributed by atoms with Gasteiger partial charge in [-0.15, -0.1) is 0 Å². The average molecular weight is 378 g/mol. The summed E-state index contributed by atoms with van der Waals surface area (Å²) in [5.74, 6) is 1.09. The highest BCUT2D eigenvalue weighted by atomic mass is 32.2. The molecule has 26 heavy (non-hydrogen) atoms. The Hall–Kier alpha value is -2.58. The second-order valence-electron chi connectivity index (χ2n) is 5.54. The number of ether oxygens (including phenoxy) is 2. The first-order valence-electron chi connectivity index (χ1n) is 8.04. The largest absolute Gasteiger partial charge is 0.493 e. The lowest BCUT2D eigenvalue weighted by Gasteiger charge is -2.10. The van der Waals surface area contributed by atoms with E-state index in [2.05, 4.69) is 5.32 Å². The van der Waals surface area contributed by atoms with Crippen molar-refractivity contribution in [1.29, 1.82) is 0 Å². The van der Waals surface area contributed by atoms with E-state index in [1.165, 1.54) is 12.1 Å². The van der Waals surface area contributed by atoms with E-state index in [1.54, 1.807) is 31.4 Å². The third-order valence-corrected chi connectivity index (χ3v) is 4.57. The third-order valence-electron chi connectivity index (χ3n) is 3.64. The minimum atomic E-state index is -3.68. The number of para-hydroxylation sites is 2. The number of benzene rings is 2. The number of amides is 1. The van der Waals surface area contributed by atoms with Crippen molar-refractivity contribution in [2.75, 3.05) is 20.3 Å². The van der Waals surface area contributed by atoms with Crippen molar-refractivity contribution in [3.8, 4) is 11.5 Å². The van der Waals surface area contributed by atoms with Gasteiger partial charge in [-0.2, -0.15) is 0 Å². The highest BCUT2D eigenvalue weighted by molar-refractivity contribution is 7.89. The van der Waals surface area contributed by atoms with Crippen LogP contribution in [0.25, 0.3) is 0 Å². The number of nitrogens with one attached hydrogen (secondary N) is 1. The number of hydrogen-bond acceptors (Lipinski definition) is 5. The first kappa shape index (κ1) is 19.7. The summed E-state index contributed by atoms with van der Waals surface area (Å²) in [5.41, 5.74) is 0.906. The zero-order valence-corrected chi connectivity index (χ0v) is 15.3. The summed E-state index contributed by atoms with van der Waals surface area (Å²) in [4.78, 5) is 11.9. The van der Waals surface area contributed by atoms with Crippen LogP contribution >= 0.6 is 0 Å². The van der Waals surface area contributed by atoms with Gasteiger partial charge in [0.15, 0.2) is 11.5 Å². The smallest absolute Gasteiger partial charge is 0.238 e. The maximum atomic E-state index is 11.8. The summed E-state index contributed by atoms with van der Waals surface area (Å²) < 4.78 is 33.1. The van der Waals surface area contributed by atoms with Gasteiger partial charge in [0.25, 0.3) is 0 Å². The van der Waals surface area contributed by atoms with Crippen LogP contribution in [-0.2, 0) is 21.2 Å². The Morgan fingerprint density at radius 3 is 2.35 bits per heavy atom. The molecular weight excluding hydrogens is 356 g/mol. The second-order valence-corrected chi connectivity index (χ2v) is 7.10. The van der Waals surface area contributed by atoms with Crippen molar-refractivity contribution in [2.45, 2.75) is 17.7 Å². The first-order valence-corrected chi connectivity index (χ1v) is 9.59. The molecule has 2 rings (SSSR count). The van der Waals surface area contributed by atoms with Crippen LogP contribution in [0, 0.1) is 0 Å². The fourth-order valence-electron chi connectivity index (χ4n) is 2.27. The summed E-state index contributed by atoms with van der Waals surface area (Å²) in [6, 6.07) is 13.5. The van der Waals surface area contributed by atoms with Gasteiger partial charge >= 0.3 is 0 Å². The van der Waals surface area contributed by atoms with Crippen molar-refractivity contribution >= 4 is 15.9 Å². The van der Waals surface area contributed by atoms with E-state index in [9.17, 15) is 13.2 Å². The Kier molecular flexibility index (Phi) is 6.99. The topological polar surface area (TPSA) is 108 Å². The number of nitrogens with two attached hydrogens (primary N) is 1. The van der Waals surface area contributed by atoms with Gasteiger partial charge in [0, 0.05) is 6.54 Å². The predicted molar refractivity (Wildman–Crippen MR) is 97.6 cm³/mol. The number of carbonyl (C=O) groups is 1. The van der Waals surface area contributed by atoms with Crippen molar-refractivity contribution in [3.05, 3.63) is 54.1 Å². The van der Waals surface area contributed by atoms with Gasteiger partial charge in [-0.3, -0.25) is 4.79 Å². The Labute approximate surface area is 153 Å². The summed E-state index contributed by atoms with van der Waals surface area (Å²) in [6.07, 6.45) is 0.812. The molecule has 0 aliphatic rings. The van der Waals surface area contributed by atoms with Crippen molar-refractivity contribution < 1.29 is 22.7 Å². The molecule has 8 heteroatoms. The molecule has 140 valence electrons. The lowest BCUT2D eigenvalue weighted by atomic mass is 10.1. The summed E-state index contributed by atoms with van der Waals surface area (Å²) in [7, 11) is -2.12. The molecule has 2 aromatic carbocycles. The molecule has 0 aliphatic heterocycles. The normalized spacial score (nSPS) is 11.0. The van der Waals surface area contributed by atoms with E-state index >= 15 is 0 Å². The molecule has 0 atom stereocenters. The van der Waals surface area contributed by atoms with E-state index < -0.39 is 10.0 Å². The summed E-state index contributed by atoms with van der Waals surface area (Å²) in [5, 5.41) is 7.85. The van der Waals surface area contributed by atoms with E-state index in [1.807, 2.05) is 12.1 Å². The molecule has 0 heterocycles. The Balaban J connectivity index is 1.70. The van der Waals surface area contributed by atoms with Gasteiger partial charge in [0.05, 0.1) is 25.0 Å². The van der Waals surface area contributed by atoms with Gasteiger partial charge in [-0.25, -0.2) is 13.6 Å². The Bertz CT molecular complexity index is 835. The predicted octanol–water partition coefficient (Wildman–Crippen LogP) is 1.47. The maximum absolute atomic E-state index is 11.8. The van der Waals surface area contributed by atoms with Crippen LogP contribution in [0.1, 0.15) is 12.0 Å². The lowest BCUT2D eigenvalue weighted by molar-refractivity contribution is -0.121. The SMILES string of the molecule is COc1ccccc1OCCC(=O)NCCc1ccc(S(N)(=O)=O)cc1. The molecule has 0 saturated carbocycles. The zero-order chi connectivity index (χ0) is 19.0. The van der Waals surface area contributed by atoms with Gasteiger partial charge in [0.2, 0.25) is 15.9 Å². The standard InChI is InChI=1S/C18H22N2O5S/c1-24-16-4-2-3-5-17(16)25-13-11-18(21)20-12-10-14-6-8-15(9-7-14)26(19,22)23/h2-9H,10-13H2,1H3,(H,20,21)(H2,19,22,23). The van der Waals surface area contributed by atoms with Crippen molar-refractivity contribution in [1.82, 2.24) is 5.32 Å². The van der Waals surface area contributed by atoms with E-state index in [4.69, 9.17) is 14.6 Å². The molecule has 0 aromatic heterocycles. The minimum Gasteiger partial charge on any atom is -0.493 e. The maximum Gasteiger partial charge on any atom is 0.238 e. The van der Waals surface area contributed by atoms with E-state index in [0.717, 1.165) is 5.56 Å². The van der Waals surface area contributed by atoms with Crippen LogP contribution in [0.15, 0.2) is 53.4 Å². The zero-order valence-electron chi connectivity index (χ0n) is 14.5. The van der Waals surface area contributed by atoms with Crippen LogP contribution in [0.5, 0.6) is 11.5 Å². The highest BCUT2D eigenvalue weighted by Gasteiger charge is 2.07. The Morgan fingerprint density at radius 1 is 1.08 bits per heavy atom. The quantitative estimate of drug-likeness (QED) is 0.687. The van der Waals surface area contributed by atoms with Gasteiger partial charge in [-0.05, 0) is 36.2 Å².